The molecule has 0 bridgehead atoms. The van der Waals surface area contributed by atoms with Crippen LogP contribution in [0.4, 0.5) is 0 Å². The van der Waals surface area contributed by atoms with Crippen LogP contribution in [0.3, 0.4) is 0 Å². The van der Waals surface area contributed by atoms with Gasteiger partial charge in [-0.15, -0.1) is 0 Å². The van der Waals surface area contributed by atoms with Gasteiger partial charge in [-0.3, -0.25) is 4.79 Å². The van der Waals surface area contributed by atoms with Gasteiger partial charge in [0, 0.05) is 19.4 Å². The molecule has 13 heavy (non-hydrogen) atoms. The Morgan fingerprint density at radius 3 is 2.69 bits per heavy atom. The third-order valence-electron chi connectivity index (χ3n) is 2.08. The van der Waals surface area contributed by atoms with Gasteiger partial charge in [-0.25, -0.2) is 4.79 Å². The summed E-state index contributed by atoms with van der Waals surface area (Å²) in [5.41, 5.74) is 0. The summed E-state index contributed by atoms with van der Waals surface area (Å²) < 4.78 is 0. The van der Waals surface area contributed by atoms with E-state index in [-0.39, 0.29) is 18.7 Å². The van der Waals surface area contributed by atoms with Gasteiger partial charge >= 0.3 is 5.97 Å². The molecule has 1 atom stereocenters. The Bertz CT molecular complexity index is 269. The average molecular weight is 182 g/mol. The van der Waals surface area contributed by atoms with Crippen LogP contribution in [0.15, 0.2) is 0 Å². The van der Waals surface area contributed by atoms with Gasteiger partial charge in [0.05, 0.1) is 6.07 Å². The predicted molar refractivity (Wildman–Crippen MR) is 42.6 cm³/mol. The molecule has 0 saturated carbocycles. The minimum atomic E-state index is -0.962. The molecule has 0 aromatic rings. The van der Waals surface area contributed by atoms with Gasteiger partial charge in [0.15, 0.2) is 0 Å². The number of hydrogen-bond acceptors (Lipinski definition) is 3. The first-order chi connectivity index (χ1) is 6.16. The summed E-state index contributed by atoms with van der Waals surface area (Å²) in [6.07, 6.45) is 0.801. The minimum absolute atomic E-state index is 0.125. The minimum Gasteiger partial charge on any atom is -0.480 e. The number of carboxylic acids is 1. The Kier molecular flexibility index (Phi) is 2.85. The maximum atomic E-state index is 11.2. The molecule has 1 unspecified atom stereocenters. The summed E-state index contributed by atoms with van der Waals surface area (Å²) in [5, 5.41) is 16.8. The third-order valence-corrected chi connectivity index (χ3v) is 2.08. The molecule has 0 aliphatic carbocycles. The number of nitrogens with zero attached hydrogens (tertiary/aromatic N) is 2. The fourth-order valence-electron chi connectivity index (χ4n) is 1.25. The van der Waals surface area contributed by atoms with E-state index in [9.17, 15) is 9.59 Å². The van der Waals surface area contributed by atoms with Gasteiger partial charge in [-0.1, -0.05) is 0 Å². The fraction of sp³-hybridized carbons (Fsp3) is 0.625. The number of nitriles is 1. The molecule has 70 valence electrons. The highest BCUT2D eigenvalue weighted by molar-refractivity contribution is 5.85. The van der Waals surface area contributed by atoms with Crippen LogP contribution in [0.25, 0.3) is 0 Å². The molecule has 0 aromatic heterocycles. The molecule has 1 N–H and O–H groups in total. The Morgan fingerprint density at radius 1 is 1.62 bits per heavy atom. The van der Waals surface area contributed by atoms with Crippen molar-refractivity contribution in [2.45, 2.75) is 25.3 Å². The maximum absolute atomic E-state index is 11.2. The van der Waals surface area contributed by atoms with Crippen molar-refractivity contribution in [3.05, 3.63) is 0 Å². The van der Waals surface area contributed by atoms with Crippen LogP contribution < -0.4 is 0 Å². The van der Waals surface area contributed by atoms with Crippen molar-refractivity contribution < 1.29 is 14.7 Å². The van der Waals surface area contributed by atoms with Crippen LogP contribution in [0.1, 0.15) is 19.3 Å². The summed E-state index contributed by atoms with van der Waals surface area (Å²) in [6.45, 7) is 0.501. The number of likely N-dealkylation sites (tertiary alicyclic amines) is 1. The van der Waals surface area contributed by atoms with Gasteiger partial charge in [0.2, 0.25) is 5.91 Å². The van der Waals surface area contributed by atoms with E-state index in [0.717, 1.165) is 0 Å². The molecule has 5 nitrogen and oxygen atoms in total. The highest BCUT2D eigenvalue weighted by Gasteiger charge is 2.36. The fourth-order valence-corrected chi connectivity index (χ4v) is 1.25. The highest BCUT2D eigenvalue weighted by atomic mass is 16.4. The third kappa shape index (κ3) is 1.96. The Labute approximate surface area is 75.6 Å². The van der Waals surface area contributed by atoms with E-state index in [1.807, 2.05) is 6.07 Å². The molecule has 0 radical (unpaired) electrons. The first kappa shape index (κ1) is 9.52. The molecule has 1 heterocycles. The smallest absolute Gasteiger partial charge is 0.326 e. The number of amides is 1. The molecule has 1 saturated heterocycles. The zero-order valence-electron chi connectivity index (χ0n) is 7.06. The van der Waals surface area contributed by atoms with Crippen LogP contribution in [0.2, 0.25) is 0 Å². The number of carbonyl (C=O) groups excluding carboxylic acids is 1. The number of aliphatic carboxylic acids is 1. The van der Waals surface area contributed by atoms with E-state index in [1.165, 1.54) is 4.90 Å². The van der Waals surface area contributed by atoms with Gasteiger partial charge in [0.1, 0.15) is 6.04 Å². The topological polar surface area (TPSA) is 81.4 Å². The van der Waals surface area contributed by atoms with Crippen LogP contribution in [0.5, 0.6) is 0 Å². The molecular weight excluding hydrogens is 172 g/mol. The van der Waals surface area contributed by atoms with Crippen LogP contribution >= 0.6 is 0 Å². The second kappa shape index (κ2) is 3.90. The van der Waals surface area contributed by atoms with Gasteiger partial charge in [-0.2, -0.15) is 5.26 Å². The van der Waals surface area contributed by atoms with Crippen molar-refractivity contribution in [1.82, 2.24) is 4.90 Å². The SMILES string of the molecule is N#CCCC(=O)N1CCC1C(=O)O. The summed E-state index contributed by atoms with van der Waals surface area (Å²) in [4.78, 5) is 23.0. The monoisotopic (exact) mass is 182 g/mol. The Balaban J connectivity index is 2.41. The van der Waals surface area contributed by atoms with Crippen molar-refractivity contribution in [2.24, 2.45) is 0 Å². The predicted octanol–water partition coefficient (Wildman–Crippen LogP) is -0.0243. The molecule has 1 fully saturated rings. The zero-order valence-corrected chi connectivity index (χ0v) is 7.06. The second-order valence-corrected chi connectivity index (χ2v) is 2.89. The van der Waals surface area contributed by atoms with Crippen molar-refractivity contribution in [2.75, 3.05) is 6.54 Å². The van der Waals surface area contributed by atoms with E-state index in [1.54, 1.807) is 0 Å². The molecule has 1 amide bonds. The summed E-state index contributed by atoms with van der Waals surface area (Å²) >= 11 is 0. The normalized spacial score (nSPS) is 20.2. The summed E-state index contributed by atoms with van der Waals surface area (Å²) in [5.74, 6) is -1.20. The van der Waals surface area contributed by atoms with Crippen molar-refractivity contribution in [3.8, 4) is 6.07 Å². The first-order valence-corrected chi connectivity index (χ1v) is 4.06. The van der Waals surface area contributed by atoms with Crippen LogP contribution in [-0.2, 0) is 9.59 Å². The van der Waals surface area contributed by atoms with Crippen molar-refractivity contribution >= 4 is 11.9 Å². The van der Waals surface area contributed by atoms with E-state index >= 15 is 0 Å². The summed E-state index contributed by atoms with van der Waals surface area (Å²) in [6, 6.07) is 1.19. The average Bonchev–Trinajstić information content (AvgIpc) is 1.97. The maximum Gasteiger partial charge on any atom is 0.326 e. The van der Waals surface area contributed by atoms with Gasteiger partial charge in [-0.05, 0) is 6.42 Å². The number of carbonyl (C=O) groups is 2. The van der Waals surface area contributed by atoms with Gasteiger partial charge in [0.25, 0.3) is 0 Å². The Hall–Kier alpha value is -1.57. The lowest BCUT2D eigenvalue weighted by molar-refractivity contribution is -0.157. The van der Waals surface area contributed by atoms with E-state index in [0.29, 0.717) is 13.0 Å². The molecule has 5 heteroatoms. The molecular formula is C8H10N2O3. The van der Waals surface area contributed by atoms with Crippen molar-refractivity contribution in [1.29, 1.82) is 5.26 Å². The van der Waals surface area contributed by atoms with E-state index in [4.69, 9.17) is 10.4 Å². The molecule has 1 aliphatic rings. The number of rotatable bonds is 3. The van der Waals surface area contributed by atoms with Gasteiger partial charge < -0.3 is 10.0 Å². The number of carboxylic acid groups (broad SMARTS) is 1. The Morgan fingerprint density at radius 2 is 2.31 bits per heavy atom. The zero-order chi connectivity index (χ0) is 9.84. The standard InChI is InChI=1S/C8H10N2O3/c9-4-1-2-7(11)10-5-3-6(10)8(12)13/h6H,1-3,5H2,(H,12,13). The molecule has 0 aromatic carbocycles. The van der Waals surface area contributed by atoms with Crippen molar-refractivity contribution in [3.63, 3.8) is 0 Å². The van der Waals surface area contributed by atoms with E-state index < -0.39 is 12.0 Å². The highest BCUT2D eigenvalue weighted by Crippen LogP contribution is 2.18. The van der Waals surface area contributed by atoms with E-state index in [2.05, 4.69) is 0 Å². The second-order valence-electron chi connectivity index (χ2n) is 2.89. The molecule has 1 aliphatic heterocycles. The largest absolute Gasteiger partial charge is 0.480 e. The van der Waals surface area contributed by atoms with Crippen LogP contribution in [0, 0.1) is 11.3 Å². The van der Waals surface area contributed by atoms with Crippen LogP contribution in [-0.4, -0.2) is 34.5 Å². The lowest BCUT2D eigenvalue weighted by Crippen LogP contribution is -2.55. The molecule has 0 spiro atoms. The lowest BCUT2D eigenvalue weighted by Gasteiger charge is -2.37. The first-order valence-electron chi connectivity index (χ1n) is 4.06. The summed E-state index contributed by atoms with van der Waals surface area (Å²) in [7, 11) is 0. The lowest BCUT2D eigenvalue weighted by atomic mass is 10.0. The number of hydrogen-bond donors (Lipinski definition) is 1. The quantitative estimate of drug-likeness (QED) is 0.664. The molecule has 1 rings (SSSR count).